The molecule has 2 rings (SSSR count). The summed E-state index contributed by atoms with van der Waals surface area (Å²) in [5.41, 5.74) is -0.276. The third-order valence-corrected chi connectivity index (χ3v) is 7.45. The maximum atomic E-state index is 11.5. The second kappa shape index (κ2) is 6.13. The zero-order valence-electron chi connectivity index (χ0n) is 10.4. The van der Waals surface area contributed by atoms with Gasteiger partial charge in [-0.25, -0.2) is 8.42 Å². The van der Waals surface area contributed by atoms with Crippen molar-refractivity contribution in [2.24, 2.45) is 0 Å². The molecule has 0 aliphatic carbocycles. The first-order valence-corrected chi connectivity index (χ1v) is 9.58. The van der Waals surface area contributed by atoms with Gasteiger partial charge < -0.3 is 0 Å². The number of thiophene rings is 1. The Balaban J connectivity index is 2.54. The lowest BCUT2D eigenvalue weighted by Crippen LogP contribution is -1.92. The predicted octanol–water partition coefficient (Wildman–Crippen LogP) is 4.52. The summed E-state index contributed by atoms with van der Waals surface area (Å²) >= 11 is 13.8. The normalized spacial score (nSPS) is 11.6. The molecule has 0 aliphatic rings. The maximum Gasteiger partial charge on any atom is 0.295 e. The standard InChI is InChI=1S/C11H7Cl2NO4S3/c1-21(17,18)9-5-8(14(15)16)11(19-9)20-10-6(12)3-2-4-7(10)13/h2-5H,1H3. The van der Waals surface area contributed by atoms with E-state index in [0.29, 0.717) is 14.9 Å². The molecule has 1 aromatic heterocycles. The molecule has 0 fully saturated rings. The summed E-state index contributed by atoms with van der Waals surface area (Å²) in [7, 11) is -3.52. The molecule has 112 valence electrons. The SMILES string of the molecule is CS(=O)(=O)c1cc([N+](=O)[O-])c(Sc2c(Cl)cccc2Cl)s1. The smallest absolute Gasteiger partial charge is 0.258 e. The first kappa shape index (κ1) is 16.6. The van der Waals surface area contributed by atoms with Gasteiger partial charge in [-0.1, -0.05) is 41.0 Å². The number of hydrogen-bond acceptors (Lipinski definition) is 6. The summed E-state index contributed by atoms with van der Waals surface area (Å²) < 4.78 is 23.2. The average Bonchev–Trinajstić information content (AvgIpc) is 2.78. The first-order chi connectivity index (χ1) is 9.70. The second-order valence-corrected chi connectivity index (χ2v) is 9.31. The highest BCUT2D eigenvalue weighted by Crippen LogP contribution is 2.46. The van der Waals surface area contributed by atoms with E-state index >= 15 is 0 Å². The van der Waals surface area contributed by atoms with Crippen molar-refractivity contribution < 1.29 is 13.3 Å². The highest BCUT2D eigenvalue weighted by atomic mass is 35.5. The molecule has 10 heteroatoms. The second-order valence-electron chi connectivity index (χ2n) is 3.92. The molecule has 0 aliphatic heterocycles. The van der Waals surface area contributed by atoms with Gasteiger partial charge in [0.1, 0.15) is 8.42 Å². The number of nitro groups is 1. The van der Waals surface area contributed by atoms with Gasteiger partial charge in [0.25, 0.3) is 5.69 Å². The van der Waals surface area contributed by atoms with Crippen LogP contribution in [0.1, 0.15) is 0 Å². The fraction of sp³-hybridized carbons (Fsp3) is 0.0909. The average molecular weight is 384 g/mol. The number of hydrogen-bond donors (Lipinski definition) is 0. The van der Waals surface area contributed by atoms with Crippen LogP contribution in [-0.2, 0) is 9.84 Å². The van der Waals surface area contributed by atoms with Gasteiger partial charge in [-0.05, 0) is 12.1 Å². The van der Waals surface area contributed by atoms with E-state index in [1.165, 1.54) is 0 Å². The molecule has 0 N–H and O–H groups in total. The van der Waals surface area contributed by atoms with Crippen LogP contribution in [0.5, 0.6) is 0 Å². The molecule has 0 saturated carbocycles. The van der Waals surface area contributed by atoms with Crippen molar-refractivity contribution in [1.29, 1.82) is 0 Å². The van der Waals surface area contributed by atoms with Gasteiger partial charge in [0.05, 0.1) is 19.9 Å². The molecule has 0 radical (unpaired) electrons. The van der Waals surface area contributed by atoms with E-state index in [1.807, 2.05) is 0 Å². The van der Waals surface area contributed by atoms with Crippen molar-refractivity contribution in [2.75, 3.05) is 6.26 Å². The Bertz CT molecular complexity index is 797. The Labute approximate surface area is 139 Å². The largest absolute Gasteiger partial charge is 0.295 e. The van der Waals surface area contributed by atoms with Crippen molar-refractivity contribution in [2.45, 2.75) is 13.3 Å². The molecule has 0 bridgehead atoms. The van der Waals surface area contributed by atoms with Gasteiger partial charge in [-0.15, -0.1) is 11.3 Å². The maximum absolute atomic E-state index is 11.5. The van der Waals surface area contributed by atoms with Gasteiger partial charge in [0.15, 0.2) is 9.84 Å². The minimum absolute atomic E-state index is 0.0696. The van der Waals surface area contributed by atoms with Crippen molar-refractivity contribution in [3.63, 3.8) is 0 Å². The van der Waals surface area contributed by atoms with E-state index in [-0.39, 0.29) is 14.1 Å². The number of nitrogens with zero attached hydrogens (tertiary/aromatic N) is 1. The summed E-state index contributed by atoms with van der Waals surface area (Å²) in [4.78, 5) is 10.9. The fourth-order valence-electron chi connectivity index (χ4n) is 1.40. The van der Waals surface area contributed by atoms with Crippen LogP contribution < -0.4 is 0 Å². The Kier molecular flexibility index (Phi) is 4.84. The summed E-state index contributed by atoms with van der Waals surface area (Å²) in [6, 6.07) is 5.91. The quantitative estimate of drug-likeness (QED) is 0.572. The van der Waals surface area contributed by atoms with Crippen molar-refractivity contribution in [3.05, 3.63) is 44.4 Å². The van der Waals surface area contributed by atoms with E-state index < -0.39 is 14.8 Å². The minimum atomic E-state index is -3.52. The van der Waals surface area contributed by atoms with Crippen LogP contribution in [0.25, 0.3) is 0 Å². The third kappa shape index (κ3) is 3.70. The molecule has 1 aromatic carbocycles. The number of benzene rings is 1. The van der Waals surface area contributed by atoms with E-state index in [2.05, 4.69) is 0 Å². The molecule has 21 heavy (non-hydrogen) atoms. The monoisotopic (exact) mass is 383 g/mol. The summed E-state index contributed by atoms with van der Waals surface area (Å²) in [6.07, 6.45) is 0.999. The van der Waals surface area contributed by atoms with Crippen LogP contribution in [0.4, 0.5) is 5.69 Å². The van der Waals surface area contributed by atoms with Gasteiger partial charge >= 0.3 is 0 Å². The summed E-state index contributed by atoms with van der Waals surface area (Å²) in [6.45, 7) is 0. The Morgan fingerprint density at radius 1 is 1.29 bits per heavy atom. The molecule has 5 nitrogen and oxygen atoms in total. The highest BCUT2D eigenvalue weighted by molar-refractivity contribution is 8.02. The molecule has 0 spiro atoms. The first-order valence-electron chi connectivity index (χ1n) is 5.30. The molecule has 0 unspecified atom stereocenters. The lowest BCUT2D eigenvalue weighted by atomic mass is 10.4. The lowest BCUT2D eigenvalue weighted by molar-refractivity contribution is -0.387. The van der Waals surface area contributed by atoms with Crippen molar-refractivity contribution in [3.8, 4) is 0 Å². The Morgan fingerprint density at radius 3 is 2.33 bits per heavy atom. The lowest BCUT2D eigenvalue weighted by Gasteiger charge is -2.04. The number of sulfone groups is 1. The Hall–Kier alpha value is -0.800. The molecular formula is C11H7Cl2NO4S3. The number of halogens is 2. The van der Waals surface area contributed by atoms with E-state index in [9.17, 15) is 18.5 Å². The summed E-state index contributed by atoms with van der Waals surface area (Å²) in [5.74, 6) is 0. The highest BCUT2D eigenvalue weighted by Gasteiger charge is 2.25. The summed E-state index contributed by atoms with van der Waals surface area (Å²) in [5, 5.41) is 11.7. The fourth-order valence-corrected chi connectivity index (χ4v) is 5.40. The molecular weight excluding hydrogens is 377 g/mol. The topological polar surface area (TPSA) is 77.3 Å². The molecule has 1 heterocycles. The number of rotatable bonds is 4. The van der Waals surface area contributed by atoms with Crippen LogP contribution in [0.3, 0.4) is 0 Å². The van der Waals surface area contributed by atoms with Crippen LogP contribution in [0, 0.1) is 10.1 Å². The van der Waals surface area contributed by atoms with Gasteiger partial charge in [0.2, 0.25) is 0 Å². The predicted molar refractivity (Wildman–Crippen MR) is 84.7 cm³/mol. The molecule has 2 aromatic rings. The minimum Gasteiger partial charge on any atom is -0.258 e. The zero-order chi connectivity index (χ0) is 15.8. The van der Waals surface area contributed by atoms with E-state index in [1.54, 1.807) is 18.2 Å². The van der Waals surface area contributed by atoms with Crippen LogP contribution in [0.15, 0.2) is 37.6 Å². The van der Waals surface area contributed by atoms with E-state index in [0.717, 1.165) is 35.4 Å². The van der Waals surface area contributed by atoms with Crippen LogP contribution >= 0.6 is 46.3 Å². The van der Waals surface area contributed by atoms with Gasteiger partial charge in [0, 0.05) is 12.3 Å². The van der Waals surface area contributed by atoms with Gasteiger partial charge in [-0.3, -0.25) is 10.1 Å². The van der Waals surface area contributed by atoms with Crippen LogP contribution in [-0.4, -0.2) is 19.6 Å². The van der Waals surface area contributed by atoms with Crippen LogP contribution in [0.2, 0.25) is 10.0 Å². The molecule has 0 amide bonds. The molecule has 0 saturated heterocycles. The van der Waals surface area contributed by atoms with Crippen molar-refractivity contribution >= 4 is 61.8 Å². The third-order valence-electron chi connectivity index (χ3n) is 2.33. The van der Waals surface area contributed by atoms with Crippen molar-refractivity contribution in [1.82, 2.24) is 0 Å². The van der Waals surface area contributed by atoms with E-state index in [4.69, 9.17) is 23.2 Å². The Morgan fingerprint density at radius 2 is 1.86 bits per heavy atom. The van der Waals surface area contributed by atoms with Gasteiger partial charge in [-0.2, -0.15) is 0 Å². The zero-order valence-corrected chi connectivity index (χ0v) is 14.3. The molecule has 0 atom stereocenters.